The fraction of sp³-hybridized carbons (Fsp3) is 0.273. The van der Waals surface area contributed by atoms with E-state index in [-0.39, 0.29) is 29.4 Å². The summed E-state index contributed by atoms with van der Waals surface area (Å²) in [7, 11) is -3.23. The smallest absolute Gasteiger partial charge is 0.257 e. The molecule has 3 aromatic rings. The zero-order chi connectivity index (χ0) is 22.0. The zero-order valence-electron chi connectivity index (χ0n) is 17.2. The first kappa shape index (κ1) is 21.9. The molecule has 1 aromatic carbocycles. The topological polar surface area (TPSA) is 78.8 Å². The van der Waals surface area contributed by atoms with Gasteiger partial charge in [-0.25, -0.2) is 13.4 Å². The van der Waals surface area contributed by atoms with Crippen molar-refractivity contribution in [3.05, 3.63) is 74.6 Å². The number of hydrogen-bond acceptors (Lipinski definition) is 7. The summed E-state index contributed by atoms with van der Waals surface area (Å²) in [5.74, 6) is -0.0930. The number of hydrazone groups is 1. The fourth-order valence-corrected chi connectivity index (χ4v) is 5.64. The Labute approximate surface area is 190 Å². The van der Waals surface area contributed by atoms with Crippen molar-refractivity contribution >= 4 is 44.1 Å². The molecular weight excluding hydrogens is 450 g/mol. The highest BCUT2D eigenvalue weighted by molar-refractivity contribution is 7.90. The van der Waals surface area contributed by atoms with Crippen molar-refractivity contribution in [3.8, 4) is 0 Å². The van der Waals surface area contributed by atoms with E-state index in [1.807, 2.05) is 41.9 Å². The summed E-state index contributed by atoms with van der Waals surface area (Å²) in [6.07, 6.45) is 1.89. The van der Waals surface area contributed by atoms with Gasteiger partial charge in [0.1, 0.15) is 0 Å². The number of carbonyl (C=O) groups excluding carboxylic acids is 1. The molecule has 9 heteroatoms. The SMILES string of the molecule is CC(NCC(=O)N1N=C(c2cccs2)CC1c1cccs1)c1ccc(S(C)(=O)=O)cc1. The molecule has 0 saturated heterocycles. The number of amides is 1. The lowest BCUT2D eigenvalue weighted by molar-refractivity contribution is -0.132. The van der Waals surface area contributed by atoms with Crippen LogP contribution in [0.2, 0.25) is 0 Å². The number of benzene rings is 1. The predicted octanol–water partition coefficient (Wildman–Crippen LogP) is 4.24. The molecule has 6 nitrogen and oxygen atoms in total. The van der Waals surface area contributed by atoms with E-state index in [9.17, 15) is 13.2 Å². The summed E-state index contributed by atoms with van der Waals surface area (Å²) in [4.78, 5) is 15.6. The molecule has 0 fully saturated rings. The molecule has 0 aliphatic carbocycles. The van der Waals surface area contributed by atoms with Crippen LogP contribution in [-0.4, -0.2) is 37.8 Å². The van der Waals surface area contributed by atoms with E-state index in [2.05, 4.69) is 10.4 Å². The Balaban J connectivity index is 1.45. The maximum absolute atomic E-state index is 13.1. The van der Waals surface area contributed by atoms with Gasteiger partial charge in [-0.3, -0.25) is 4.79 Å². The van der Waals surface area contributed by atoms with E-state index < -0.39 is 9.84 Å². The van der Waals surface area contributed by atoms with Gasteiger partial charge in [0.25, 0.3) is 5.91 Å². The lowest BCUT2D eigenvalue weighted by atomic mass is 10.1. The van der Waals surface area contributed by atoms with Gasteiger partial charge in [0.2, 0.25) is 0 Å². The van der Waals surface area contributed by atoms with E-state index in [1.165, 1.54) is 6.26 Å². The molecule has 0 bridgehead atoms. The van der Waals surface area contributed by atoms with Crippen LogP contribution in [0.1, 0.15) is 40.7 Å². The Morgan fingerprint density at radius 3 is 2.48 bits per heavy atom. The number of nitrogens with zero attached hydrogens (tertiary/aromatic N) is 2. The lowest BCUT2D eigenvalue weighted by Gasteiger charge is -2.22. The van der Waals surface area contributed by atoms with E-state index >= 15 is 0 Å². The Morgan fingerprint density at radius 1 is 1.16 bits per heavy atom. The van der Waals surface area contributed by atoms with Gasteiger partial charge in [0.15, 0.2) is 9.84 Å². The lowest BCUT2D eigenvalue weighted by Crippen LogP contribution is -2.36. The fourth-order valence-electron chi connectivity index (χ4n) is 3.48. The standard InChI is InChI=1S/C22H23N3O3S3/c1-15(16-7-9-17(10-8-16)31(2,27)28)23-14-22(26)25-19(21-6-4-12-30-21)13-18(24-25)20-5-3-11-29-20/h3-12,15,19,23H,13-14H2,1-2H3. The number of thiophene rings is 2. The van der Waals surface area contributed by atoms with Crippen LogP contribution >= 0.6 is 22.7 Å². The largest absolute Gasteiger partial charge is 0.302 e. The molecule has 1 amide bonds. The highest BCUT2D eigenvalue weighted by Crippen LogP contribution is 2.35. The van der Waals surface area contributed by atoms with Crippen LogP contribution < -0.4 is 5.32 Å². The van der Waals surface area contributed by atoms with Gasteiger partial charge in [-0.2, -0.15) is 5.10 Å². The van der Waals surface area contributed by atoms with Crippen molar-refractivity contribution < 1.29 is 13.2 Å². The third-order valence-electron chi connectivity index (χ3n) is 5.21. The zero-order valence-corrected chi connectivity index (χ0v) is 19.6. The van der Waals surface area contributed by atoms with Gasteiger partial charge in [-0.05, 0) is 47.5 Å². The quantitative estimate of drug-likeness (QED) is 0.557. The minimum atomic E-state index is -3.23. The molecule has 0 saturated carbocycles. The first-order valence-corrected chi connectivity index (χ1v) is 13.5. The molecule has 0 spiro atoms. The van der Waals surface area contributed by atoms with Crippen LogP contribution in [0.25, 0.3) is 0 Å². The molecule has 1 N–H and O–H groups in total. The maximum Gasteiger partial charge on any atom is 0.257 e. The van der Waals surface area contributed by atoms with Crippen molar-refractivity contribution in [1.29, 1.82) is 0 Å². The summed E-state index contributed by atoms with van der Waals surface area (Å²) >= 11 is 3.26. The Hall–Kier alpha value is -2.33. The van der Waals surface area contributed by atoms with Gasteiger partial charge in [-0.15, -0.1) is 22.7 Å². The van der Waals surface area contributed by atoms with Gasteiger partial charge in [-0.1, -0.05) is 24.3 Å². The maximum atomic E-state index is 13.1. The van der Waals surface area contributed by atoms with Gasteiger partial charge in [0, 0.05) is 23.6 Å². The Kier molecular flexibility index (Phi) is 6.38. The highest BCUT2D eigenvalue weighted by atomic mass is 32.2. The number of carbonyl (C=O) groups is 1. The number of nitrogens with one attached hydrogen (secondary N) is 1. The van der Waals surface area contributed by atoms with Crippen molar-refractivity contribution in [3.63, 3.8) is 0 Å². The van der Waals surface area contributed by atoms with E-state index in [1.54, 1.807) is 51.9 Å². The molecule has 0 radical (unpaired) electrons. The van der Waals surface area contributed by atoms with E-state index in [0.717, 1.165) is 21.0 Å². The van der Waals surface area contributed by atoms with Crippen molar-refractivity contribution in [2.24, 2.45) is 5.10 Å². The Bertz CT molecular complexity index is 1170. The minimum Gasteiger partial charge on any atom is -0.302 e. The third kappa shape index (κ3) is 4.95. The second-order valence-corrected chi connectivity index (χ2v) is 11.4. The highest BCUT2D eigenvalue weighted by Gasteiger charge is 2.33. The molecule has 3 heterocycles. The first-order chi connectivity index (χ1) is 14.8. The third-order valence-corrected chi connectivity index (χ3v) is 8.23. The van der Waals surface area contributed by atoms with Crippen LogP contribution in [0.5, 0.6) is 0 Å². The average molecular weight is 474 g/mol. The van der Waals surface area contributed by atoms with Crippen LogP contribution in [-0.2, 0) is 14.6 Å². The van der Waals surface area contributed by atoms with Gasteiger partial charge < -0.3 is 5.32 Å². The molecule has 1 aliphatic rings. The number of sulfone groups is 1. The molecule has 1 aliphatic heterocycles. The van der Waals surface area contributed by atoms with Crippen LogP contribution in [0.15, 0.2) is 69.3 Å². The second-order valence-electron chi connectivity index (χ2n) is 7.44. The monoisotopic (exact) mass is 473 g/mol. The second kappa shape index (κ2) is 9.04. The summed E-state index contributed by atoms with van der Waals surface area (Å²) in [5.41, 5.74) is 1.85. The van der Waals surface area contributed by atoms with Crippen molar-refractivity contribution in [2.45, 2.75) is 30.3 Å². The summed E-state index contributed by atoms with van der Waals surface area (Å²) < 4.78 is 23.3. The summed E-state index contributed by atoms with van der Waals surface area (Å²) in [6.45, 7) is 2.09. The van der Waals surface area contributed by atoms with Crippen LogP contribution in [0, 0.1) is 0 Å². The first-order valence-electron chi connectivity index (χ1n) is 9.83. The Morgan fingerprint density at radius 2 is 1.87 bits per heavy atom. The molecule has 31 heavy (non-hydrogen) atoms. The minimum absolute atomic E-state index is 0.0873. The molecule has 2 aromatic heterocycles. The van der Waals surface area contributed by atoms with E-state index in [0.29, 0.717) is 6.42 Å². The van der Waals surface area contributed by atoms with Gasteiger partial charge in [0.05, 0.1) is 28.1 Å². The van der Waals surface area contributed by atoms with Gasteiger partial charge >= 0.3 is 0 Å². The molecule has 2 atom stereocenters. The normalized spacial score (nSPS) is 17.5. The predicted molar refractivity (Wildman–Crippen MR) is 125 cm³/mol. The summed E-state index contributed by atoms with van der Waals surface area (Å²) in [6, 6.07) is 14.6. The molecule has 4 rings (SSSR count). The average Bonchev–Trinajstić information content (AvgIpc) is 3.51. The van der Waals surface area contributed by atoms with Crippen molar-refractivity contribution in [1.82, 2.24) is 10.3 Å². The van der Waals surface area contributed by atoms with Crippen LogP contribution in [0.3, 0.4) is 0 Å². The summed E-state index contributed by atoms with van der Waals surface area (Å²) in [5, 5.41) is 13.5. The number of rotatable bonds is 7. The van der Waals surface area contributed by atoms with Crippen molar-refractivity contribution in [2.75, 3.05) is 12.8 Å². The number of hydrogen-bond donors (Lipinski definition) is 1. The van der Waals surface area contributed by atoms with Crippen LogP contribution in [0.4, 0.5) is 0 Å². The molecule has 2 unspecified atom stereocenters. The van der Waals surface area contributed by atoms with E-state index in [4.69, 9.17) is 0 Å². The molecular formula is C22H23N3O3S3. The molecule has 162 valence electrons.